The van der Waals surface area contributed by atoms with Crippen LogP contribution < -0.4 is 10.1 Å². The topological polar surface area (TPSA) is 61.7 Å². The molecule has 4 nitrogen and oxygen atoms in total. The van der Waals surface area contributed by atoms with E-state index in [2.05, 4.69) is 19.2 Å². The van der Waals surface area contributed by atoms with Gasteiger partial charge in [0.05, 0.1) is 7.11 Å². The minimum Gasteiger partial charge on any atom is -0.507 e. The molecule has 19 heavy (non-hydrogen) atoms. The summed E-state index contributed by atoms with van der Waals surface area (Å²) in [4.78, 5) is 0. The summed E-state index contributed by atoms with van der Waals surface area (Å²) >= 11 is 0. The molecule has 1 rings (SSSR count). The zero-order chi connectivity index (χ0) is 14.3. The van der Waals surface area contributed by atoms with Gasteiger partial charge in [-0.25, -0.2) is 0 Å². The van der Waals surface area contributed by atoms with E-state index in [9.17, 15) is 10.2 Å². The van der Waals surface area contributed by atoms with Crippen molar-refractivity contribution in [2.75, 3.05) is 20.3 Å². The molecule has 0 heterocycles. The summed E-state index contributed by atoms with van der Waals surface area (Å²) in [5.41, 5.74) is 0.766. The quantitative estimate of drug-likeness (QED) is 0.676. The third kappa shape index (κ3) is 4.11. The molecule has 1 aromatic rings. The van der Waals surface area contributed by atoms with Crippen LogP contribution in [0.1, 0.15) is 32.3 Å². The highest BCUT2D eigenvalue weighted by Gasteiger charge is 2.24. The molecule has 3 N–H and O–H groups in total. The van der Waals surface area contributed by atoms with Gasteiger partial charge in [0.15, 0.2) is 0 Å². The molecule has 0 aliphatic rings. The Balaban J connectivity index is 2.57. The smallest absolute Gasteiger partial charge is 0.123 e. The van der Waals surface area contributed by atoms with Gasteiger partial charge in [0.1, 0.15) is 11.5 Å². The first-order chi connectivity index (χ1) is 9.10. The zero-order valence-electron chi connectivity index (χ0n) is 12.1. The third-order valence-corrected chi connectivity index (χ3v) is 3.94. The van der Waals surface area contributed by atoms with E-state index in [0.717, 1.165) is 24.9 Å². The average Bonchev–Trinajstić information content (AvgIpc) is 2.45. The van der Waals surface area contributed by atoms with Crippen LogP contribution in [-0.2, 0) is 6.54 Å². The second-order valence-electron chi connectivity index (χ2n) is 4.96. The van der Waals surface area contributed by atoms with Gasteiger partial charge in [-0.05, 0) is 18.9 Å². The molecule has 0 aromatic heterocycles. The van der Waals surface area contributed by atoms with Crippen LogP contribution in [-0.4, -0.2) is 30.5 Å². The lowest BCUT2D eigenvalue weighted by atomic mass is 9.83. The number of aromatic hydroxyl groups is 1. The number of hydrogen-bond acceptors (Lipinski definition) is 4. The standard InChI is InChI=1S/C15H25NO3/c1-4-15(5-2,11-17)10-16-9-12-6-7-13(19-3)8-14(12)18/h6-8,16-18H,4-5,9-11H2,1-3H3. The molecular formula is C15H25NO3. The van der Waals surface area contributed by atoms with Crippen molar-refractivity contribution in [2.45, 2.75) is 33.2 Å². The Labute approximate surface area is 115 Å². The summed E-state index contributed by atoms with van der Waals surface area (Å²) in [6.07, 6.45) is 1.86. The highest BCUT2D eigenvalue weighted by atomic mass is 16.5. The van der Waals surface area contributed by atoms with Crippen molar-refractivity contribution in [3.05, 3.63) is 23.8 Å². The lowest BCUT2D eigenvalue weighted by molar-refractivity contribution is 0.113. The summed E-state index contributed by atoms with van der Waals surface area (Å²) in [5, 5.41) is 22.7. The van der Waals surface area contributed by atoms with Gasteiger partial charge in [0.2, 0.25) is 0 Å². The van der Waals surface area contributed by atoms with Crippen molar-refractivity contribution in [3.63, 3.8) is 0 Å². The highest BCUT2D eigenvalue weighted by Crippen LogP contribution is 2.26. The molecule has 108 valence electrons. The number of methoxy groups -OCH3 is 1. The van der Waals surface area contributed by atoms with Crippen LogP contribution in [0, 0.1) is 5.41 Å². The van der Waals surface area contributed by atoms with E-state index < -0.39 is 0 Å². The summed E-state index contributed by atoms with van der Waals surface area (Å²) in [7, 11) is 1.57. The van der Waals surface area contributed by atoms with Crippen LogP contribution in [0.2, 0.25) is 0 Å². The number of aliphatic hydroxyl groups excluding tert-OH is 1. The van der Waals surface area contributed by atoms with Crippen molar-refractivity contribution in [1.29, 1.82) is 0 Å². The Morgan fingerprint density at radius 3 is 2.42 bits per heavy atom. The minimum atomic E-state index is -0.0674. The number of rotatable bonds is 8. The van der Waals surface area contributed by atoms with E-state index in [4.69, 9.17) is 4.74 Å². The van der Waals surface area contributed by atoms with Gasteiger partial charge in [0, 0.05) is 36.7 Å². The van der Waals surface area contributed by atoms with Gasteiger partial charge < -0.3 is 20.3 Å². The first-order valence-corrected chi connectivity index (χ1v) is 6.78. The molecule has 0 spiro atoms. The maximum atomic E-state index is 9.85. The van der Waals surface area contributed by atoms with Crippen LogP contribution >= 0.6 is 0 Å². The molecule has 0 saturated carbocycles. The fraction of sp³-hybridized carbons (Fsp3) is 0.600. The third-order valence-electron chi connectivity index (χ3n) is 3.94. The Morgan fingerprint density at radius 2 is 1.95 bits per heavy atom. The zero-order valence-corrected chi connectivity index (χ0v) is 12.1. The van der Waals surface area contributed by atoms with E-state index in [1.54, 1.807) is 13.2 Å². The highest BCUT2D eigenvalue weighted by molar-refractivity contribution is 5.39. The van der Waals surface area contributed by atoms with Crippen LogP contribution in [0.4, 0.5) is 0 Å². The number of aliphatic hydroxyl groups is 1. The molecule has 0 fully saturated rings. The fourth-order valence-corrected chi connectivity index (χ4v) is 2.06. The van der Waals surface area contributed by atoms with E-state index in [-0.39, 0.29) is 17.8 Å². The van der Waals surface area contributed by atoms with Crippen molar-refractivity contribution in [1.82, 2.24) is 5.32 Å². The predicted octanol–water partition coefficient (Wildman–Crippen LogP) is 2.29. The van der Waals surface area contributed by atoms with E-state index in [1.807, 2.05) is 12.1 Å². The molecule has 0 aliphatic heterocycles. The summed E-state index contributed by atoms with van der Waals surface area (Å²) < 4.78 is 5.05. The van der Waals surface area contributed by atoms with Gasteiger partial charge in [-0.3, -0.25) is 0 Å². The molecule has 0 bridgehead atoms. The van der Waals surface area contributed by atoms with Crippen molar-refractivity contribution >= 4 is 0 Å². The summed E-state index contributed by atoms with van der Waals surface area (Å²) in [6.45, 7) is 5.68. The lowest BCUT2D eigenvalue weighted by Crippen LogP contribution is -2.36. The van der Waals surface area contributed by atoms with Crippen LogP contribution in [0.25, 0.3) is 0 Å². The Kier molecular flexibility index (Phi) is 6.12. The summed E-state index contributed by atoms with van der Waals surface area (Å²) in [5.74, 6) is 0.877. The fourth-order valence-electron chi connectivity index (χ4n) is 2.06. The number of nitrogens with one attached hydrogen (secondary N) is 1. The molecule has 0 saturated heterocycles. The maximum Gasteiger partial charge on any atom is 0.123 e. The number of ether oxygens (including phenoxy) is 1. The minimum absolute atomic E-state index is 0.0674. The Hall–Kier alpha value is -1.26. The normalized spacial score (nSPS) is 11.6. The first-order valence-electron chi connectivity index (χ1n) is 6.78. The van der Waals surface area contributed by atoms with Crippen molar-refractivity contribution in [3.8, 4) is 11.5 Å². The number of hydrogen-bond donors (Lipinski definition) is 3. The van der Waals surface area contributed by atoms with Gasteiger partial charge in [-0.15, -0.1) is 0 Å². The van der Waals surface area contributed by atoms with Crippen molar-refractivity contribution in [2.24, 2.45) is 5.41 Å². The molecule has 0 aliphatic carbocycles. The number of benzene rings is 1. The van der Waals surface area contributed by atoms with Gasteiger partial charge in [-0.2, -0.15) is 0 Å². The van der Waals surface area contributed by atoms with E-state index in [0.29, 0.717) is 12.3 Å². The predicted molar refractivity (Wildman–Crippen MR) is 76.5 cm³/mol. The van der Waals surface area contributed by atoms with E-state index in [1.165, 1.54) is 0 Å². The van der Waals surface area contributed by atoms with Crippen LogP contribution in [0.15, 0.2) is 18.2 Å². The monoisotopic (exact) mass is 267 g/mol. The molecule has 0 unspecified atom stereocenters. The largest absolute Gasteiger partial charge is 0.507 e. The van der Waals surface area contributed by atoms with Gasteiger partial charge in [-0.1, -0.05) is 19.9 Å². The lowest BCUT2D eigenvalue weighted by Gasteiger charge is -2.29. The maximum absolute atomic E-state index is 9.85. The molecular weight excluding hydrogens is 242 g/mol. The van der Waals surface area contributed by atoms with Crippen LogP contribution in [0.5, 0.6) is 11.5 Å². The summed E-state index contributed by atoms with van der Waals surface area (Å²) in [6, 6.07) is 5.28. The second kappa shape index (κ2) is 7.36. The Bertz CT molecular complexity index is 381. The van der Waals surface area contributed by atoms with Gasteiger partial charge >= 0.3 is 0 Å². The van der Waals surface area contributed by atoms with Crippen LogP contribution in [0.3, 0.4) is 0 Å². The molecule has 0 atom stereocenters. The van der Waals surface area contributed by atoms with E-state index >= 15 is 0 Å². The number of phenolic OH excluding ortho intramolecular Hbond substituents is 1. The number of phenols is 1. The van der Waals surface area contributed by atoms with Gasteiger partial charge in [0.25, 0.3) is 0 Å². The molecule has 4 heteroatoms. The SMILES string of the molecule is CCC(CC)(CO)CNCc1ccc(OC)cc1O. The molecule has 1 aromatic carbocycles. The van der Waals surface area contributed by atoms with Crippen molar-refractivity contribution < 1.29 is 14.9 Å². The molecule has 0 amide bonds. The Morgan fingerprint density at radius 1 is 1.26 bits per heavy atom. The first kappa shape index (κ1) is 15.8. The second-order valence-corrected chi connectivity index (χ2v) is 4.96. The molecule has 0 radical (unpaired) electrons. The average molecular weight is 267 g/mol.